The Bertz CT molecular complexity index is 775. The maximum atomic E-state index is 4.42. The number of likely N-dealkylation sites (tertiary alicyclic amines) is 1. The minimum Gasteiger partial charge on any atom is -0.366 e. The molecule has 1 saturated heterocycles. The highest BCUT2D eigenvalue weighted by molar-refractivity contribution is 7.10. The highest BCUT2D eigenvalue weighted by Gasteiger charge is 2.24. The highest BCUT2D eigenvalue weighted by Crippen LogP contribution is 2.29. The van der Waals surface area contributed by atoms with Crippen molar-refractivity contribution in [2.75, 3.05) is 25.0 Å². The maximum Gasteiger partial charge on any atom is 0.165 e. The fourth-order valence-corrected chi connectivity index (χ4v) is 4.07. The maximum absolute atomic E-state index is 4.42. The number of aryl methyl sites for hydroxylation is 1. The molecular weight excluding hydrogens is 308 g/mol. The predicted molar refractivity (Wildman–Crippen MR) is 92.7 cm³/mol. The number of aromatic nitrogens is 4. The number of anilines is 1. The molecule has 0 spiro atoms. The van der Waals surface area contributed by atoms with Crippen LogP contribution in [0.2, 0.25) is 0 Å². The molecule has 0 amide bonds. The molecule has 1 atom stereocenters. The second-order valence-electron chi connectivity index (χ2n) is 5.91. The SMILES string of the molecule is Cn1cnc2c(NC[C@H](c3cccs3)N3CCCC3)ncnc21. The van der Waals surface area contributed by atoms with Crippen LogP contribution in [0.25, 0.3) is 11.2 Å². The summed E-state index contributed by atoms with van der Waals surface area (Å²) in [6.07, 6.45) is 5.96. The Morgan fingerprint density at radius 2 is 2.13 bits per heavy atom. The lowest BCUT2D eigenvalue weighted by atomic mass is 10.2. The topological polar surface area (TPSA) is 58.9 Å². The molecule has 0 unspecified atom stereocenters. The molecule has 4 heterocycles. The Kier molecular flexibility index (Phi) is 3.97. The summed E-state index contributed by atoms with van der Waals surface area (Å²) in [7, 11) is 1.95. The Hall–Kier alpha value is -1.99. The Morgan fingerprint density at radius 1 is 1.26 bits per heavy atom. The smallest absolute Gasteiger partial charge is 0.165 e. The van der Waals surface area contributed by atoms with Gasteiger partial charge in [-0.15, -0.1) is 11.3 Å². The third-order valence-corrected chi connectivity index (χ3v) is 5.39. The van der Waals surface area contributed by atoms with E-state index >= 15 is 0 Å². The Morgan fingerprint density at radius 3 is 2.91 bits per heavy atom. The largest absolute Gasteiger partial charge is 0.366 e. The molecule has 3 aromatic heterocycles. The molecule has 1 N–H and O–H groups in total. The quantitative estimate of drug-likeness (QED) is 0.780. The zero-order valence-corrected chi connectivity index (χ0v) is 14.0. The first-order chi connectivity index (χ1) is 11.3. The van der Waals surface area contributed by atoms with Gasteiger partial charge >= 0.3 is 0 Å². The van der Waals surface area contributed by atoms with Gasteiger partial charge < -0.3 is 9.88 Å². The summed E-state index contributed by atoms with van der Waals surface area (Å²) in [6.45, 7) is 3.18. The second-order valence-corrected chi connectivity index (χ2v) is 6.88. The number of fused-ring (bicyclic) bond motifs is 1. The van der Waals surface area contributed by atoms with Gasteiger partial charge in [-0.2, -0.15) is 0 Å². The van der Waals surface area contributed by atoms with Crippen molar-refractivity contribution < 1.29 is 0 Å². The predicted octanol–water partition coefficient (Wildman–Crippen LogP) is 2.67. The number of nitrogens with one attached hydrogen (secondary N) is 1. The lowest BCUT2D eigenvalue weighted by Crippen LogP contribution is -2.30. The lowest BCUT2D eigenvalue weighted by molar-refractivity contribution is 0.259. The van der Waals surface area contributed by atoms with Crippen molar-refractivity contribution in [3.05, 3.63) is 35.0 Å². The first kappa shape index (κ1) is 14.6. The van der Waals surface area contributed by atoms with E-state index in [1.165, 1.54) is 30.8 Å². The minimum atomic E-state index is 0.395. The molecule has 120 valence electrons. The van der Waals surface area contributed by atoms with Gasteiger partial charge in [0.15, 0.2) is 11.5 Å². The van der Waals surface area contributed by atoms with Crippen molar-refractivity contribution in [1.82, 2.24) is 24.4 Å². The van der Waals surface area contributed by atoms with Gasteiger partial charge in [-0.1, -0.05) is 6.07 Å². The normalized spacial score (nSPS) is 16.9. The molecule has 6 nitrogen and oxygen atoms in total. The average Bonchev–Trinajstić information content (AvgIpc) is 3.31. The first-order valence-electron chi connectivity index (χ1n) is 7.96. The molecule has 0 radical (unpaired) electrons. The molecule has 1 aliphatic heterocycles. The van der Waals surface area contributed by atoms with E-state index in [1.807, 2.05) is 23.0 Å². The van der Waals surface area contributed by atoms with Crippen LogP contribution in [-0.2, 0) is 7.05 Å². The van der Waals surface area contributed by atoms with Gasteiger partial charge in [-0.25, -0.2) is 15.0 Å². The van der Waals surface area contributed by atoms with Crippen LogP contribution in [0.4, 0.5) is 5.82 Å². The molecule has 1 fully saturated rings. The summed E-state index contributed by atoms with van der Waals surface area (Å²) in [4.78, 5) is 17.1. The zero-order chi connectivity index (χ0) is 15.6. The fraction of sp³-hybridized carbons (Fsp3) is 0.438. The summed E-state index contributed by atoms with van der Waals surface area (Å²) in [5.74, 6) is 0.816. The molecule has 1 aliphatic rings. The molecule has 0 aromatic carbocycles. The van der Waals surface area contributed by atoms with Crippen LogP contribution in [0.5, 0.6) is 0 Å². The Balaban J connectivity index is 1.57. The number of nitrogens with zero attached hydrogens (tertiary/aromatic N) is 5. The van der Waals surface area contributed by atoms with Crippen LogP contribution < -0.4 is 5.32 Å². The minimum absolute atomic E-state index is 0.395. The summed E-state index contributed by atoms with van der Waals surface area (Å²) < 4.78 is 1.92. The zero-order valence-electron chi connectivity index (χ0n) is 13.1. The van der Waals surface area contributed by atoms with Gasteiger partial charge in [0.2, 0.25) is 0 Å². The molecular formula is C16H20N6S. The van der Waals surface area contributed by atoms with E-state index in [2.05, 4.69) is 42.7 Å². The van der Waals surface area contributed by atoms with Gasteiger partial charge in [0, 0.05) is 18.5 Å². The van der Waals surface area contributed by atoms with Crippen LogP contribution >= 0.6 is 11.3 Å². The van der Waals surface area contributed by atoms with Crippen molar-refractivity contribution in [2.24, 2.45) is 7.05 Å². The average molecular weight is 328 g/mol. The molecule has 23 heavy (non-hydrogen) atoms. The van der Waals surface area contributed by atoms with E-state index in [0.29, 0.717) is 6.04 Å². The molecule has 4 rings (SSSR count). The third kappa shape index (κ3) is 2.82. The van der Waals surface area contributed by atoms with Gasteiger partial charge in [0.05, 0.1) is 12.4 Å². The van der Waals surface area contributed by atoms with E-state index in [1.54, 1.807) is 12.7 Å². The van der Waals surface area contributed by atoms with Crippen LogP contribution in [-0.4, -0.2) is 44.1 Å². The number of hydrogen-bond donors (Lipinski definition) is 1. The van der Waals surface area contributed by atoms with Gasteiger partial charge in [0.1, 0.15) is 11.8 Å². The fourth-order valence-electron chi connectivity index (χ4n) is 3.21. The van der Waals surface area contributed by atoms with E-state index in [0.717, 1.165) is 23.5 Å². The van der Waals surface area contributed by atoms with Crippen LogP contribution in [0.1, 0.15) is 23.8 Å². The van der Waals surface area contributed by atoms with E-state index < -0.39 is 0 Å². The van der Waals surface area contributed by atoms with Crippen molar-refractivity contribution >= 4 is 28.3 Å². The van der Waals surface area contributed by atoms with Crippen molar-refractivity contribution in [3.8, 4) is 0 Å². The standard InChI is InChI=1S/C16H20N6S/c1-21-11-20-14-15(18-10-19-16(14)21)17-9-12(13-5-4-8-23-13)22-6-2-3-7-22/h4-5,8,10-12H,2-3,6-7,9H2,1H3,(H,17,18,19)/t12-/m1/s1. The number of rotatable bonds is 5. The first-order valence-corrected chi connectivity index (χ1v) is 8.84. The summed E-state index contributed by atoms with van der Waals surface area (Å²) >= 11 is 1.83. The summed E-state index contributed by atoms with van der Waals surface area (Å²) in [6, 6.07) is 4.75. The molecule has 0 bridgehead atoms. The van der Waals surface area contributed by atoms with Crippen LogP contribution in [0, 0.1) is 0 Å². The van der Waals surface area contributed by atoms with E-state index in [4.69, 9.17) is 0 Å². The third-order valence-electron chi connectivity index (χ3n) is 4.41. The number of hydrogen-bond acceptors (Lipinski definition) is 6. The molecule has 0 aliphatic carbocycles. The van der Waals surface area contributed by atoms with E-state index in [9.17, 15) is 0 Å². The number of imidazole rings is 1. The Labute approximate surface area is 139 Å². The highest BCUT2D eigenvalue weighted by atomic mass is 32.1. The summed E-state index contributed by atoms with van der Waals surface area (Å²) in [5, 5.41) is 5.66. The molecule has 0 saturated carbocycles. The second kappa shape index (κ2) is 6.25. The molecule has 7 heteroatoms. The molecule has 3 aromatic rings. The van der Waals surface area contributed by atoms with Crippen molar-refractivity contribution in [2.45, 2.75) is 18.9 Å². The van der Waals surface area contributed by atoms with Gasteiger partial charge in [0.25, 0.3) is 0 Å². The van der Waals surface area contributed by atoms with Crippen molar-refractivity contribution in [3.63, 3.8) is 0 Å². The number of thiophene rings is 1. The van der Waals surface area contributed by atoms with E-state index in [-0.39, 0.29) is 0 Å². The van der Waals surface area contributed by atoms with Crippen molar-refractivity contribution in [1.29, 1.82) is 0 Å². The lowest BCUT2D eigenvalue weighted by Gasteiger charge is -2.27. The van der Waals surface area contributed by atoms with Crippen LogP contribution in [0.3, 0.4) is 0 Å². The van der Waals surface area contributed by atoms with Gasteiger partial charge in [-0.3, -0.25) is 4.90 Å². The van der Waals surface area contributed by atoms with Gasteiger partial charge in [-0.05, 0) is 37.4 Å². The summed E-state index contributed by atoms with van der Waals surface area (Å²) in [5.41, 5.74) is 1.69. The monoisotopic (exact) mass is 328 g/mol. The van der Waals surface area contributed by atoms with Crippen LogP contribution in [0.15, 0.2) is 30.2 Å².